The number of hydrogen-bond donors (Lipinski definition) is 1. The number of ether oxygens (including phenoxy) is 2. The van der Waals surface area contributed by atoms with Gasteiger partial charge in [0.05, 0.1) is 17.7 Å². The molecule has 0 heterocycles. The van der Waals surface area contributed by atoms with E-state index in [1.807, 2.05) is 0 Å². The molecule has 108 valence electrons. The molecule has 7 heteroatoms. The Kier molecular flexibility index (Phi) is 5.59. The largest absolute Gasteiger partial charge is 0.495 e. The quantitative estimate of drug-likeness (QED) is 0.596. The van der Waals surface area contributed by atoms with E-state index < -0.39 is 10.0 Å². The van der Waals surface area contributed by atoms with Crippen LogP contribution in [-0.4, -0.2) is 47.1 Å². The van der Waals surface area contributed by atoms with Gasteiger partial charge in [0, 0.05) is 27.3 Å². The number of nitrogens with zero attached hydrogens (tertiary/aromatic N) is 1. The summed E-state index contributed by atoms with van der Waals surface area (Å²) in [5, 5.41) is 0. The summed E-state index contributed by atoms with van der Waals surface area (Å²) in [6.07, 6.45) is 0.637. The molecule has 6 nitrogen and oxygen atoms in total. The SMILES string of the molecule is COCCCN(C)S(=O)(=O)c1ccc(OC)c(N)c1. The molecule has 0 saturated heterocycles. The highest BCUT2D eigenvalue weighted by atomic mass is 32.2. The predicted octanol–water partition coefficient (Wildman–Crippen LogP) is 0.934. The molecule has 0 aliphatic rings. The molecular formula is C12H20N2O4S. The van der Waals surface area contributed by atoms with Crippen LogP contribution in [-0.2, 0) is 14.8 Å². The highest BCUT2D eigenvalue weighted by Crippen LogP contribution is 2.25. The van der Waals surface area contributed by atoms with Gasteiger partial charge in [0.15, 0.2) is 0 Å². The van der Waals surface area contributed by atoms with Gasteiger partial charge in [-0.3, -0.25) is 0 Å². The number of benzene rings is 1. The molecule has 1 rings (SSSR count). The third-order valence-electron chi connectivity index (χ3n) is 2.73. The van der Waals surface area contributed by atoms with E-state index in [-0.39, 0.29) is 4.90 Å². The smallest absolute Gasteiger partial charge is 0.242 e. The molecule has 0 aromatic heterocycles. The molecule has 0 saturated carbocycles. The van der Waals surface area contributed by atoms with Crippen LogP contribution in [0.25, 0.3) is 0 Å². The third-order valence-corrected chi connectivity index (χ3v) is 4.58. The Morgan fingerprint density at radius 1 is 1.32 bits per heavy atom. The zero-order valence-corrected chi connectivity index (χ0v) is 12.2. The van der Waals surface area contributed by atoms with Crippen LogP contribution in [0.15, 0.2) is 23.1 Å². The highest BCUT2D eigenvalue weighted by Gasteiger charge is 2.21. The van der Waals surface area contributed by atoms with E-state index in [0.29, 0.717) is 31.0 Å². The van der Waals surface area contributed by atoms with E-state index >= 15 is 0 Å². The summed E-state index contributed by atoms with van der Waals surface area (Å²) in [4.78, 5) is 0.158. The van der Waals surface area contributed by atoms with Gasteiger partial charge >= 0.3 is 0 Å². The first-order valence-electron chi connectivity index (χ1n) is 5.82. The van der Waals surface area contributed by atoms with E-state index in [4.69, 9.17) is 15.2 Å². The number of sulfonamides is 1. The van der Waals surface area contributed by atoms with E-state index in [1.54, 1.807) is 13.2 Å². The molecule has 0 unspecified atom stereocenters. The molecule has 0 aliphatic heterocycles. The Bertz CT molecular complexity index is 516. The second kappa shape index (κ2) is 6.74. The van der Waals surface area contributed by atoms with Crippen molar-refractivity contribution in [2.24, 2.45) is 0 Å². The number of rotatable bonds is 7. The van der Waals surface area contributed by atoms with Crippen molar-refractivity contribution in [3.05, 3.63) is 18.2 Å². The first-order chi connectivity index (χ1) is 8.93. The standard InChI is InChI=1S/C12H20N2O4S/c1-14(7-4-8-17-2)19(15,16)10-5-6-12(18-3)11(13)9-10/h5-6,9H,4,7-8,13H2,1-3H3. The van der Waals surface area contributed by atoms with Crippen LogP contribution in [0.4, 0.5) is 5.69 Å². The zero-order chi connectivity index (χ0) is 14.5. The van der Waals surface area contributed by atoms with Crippen LogP contribution in [0.1, 0.15) is 6.42 Å². The van der Waals surface area contributed by atoms with Crippen LogP contribution in [0.5, 0.6) is 5.75 Å². The zero-order valence-electron chi connectivity index (χ0n) is 11.4. The van der Waals surface area contributed by atoms with Crippen molar-refractivity contribution < 1.29 is 17.9 Å². The fraction of sp³-hybridized carbons (Fsp3) is 0.500. The lowest BCUT2D eigenvalue weighted by atomic mass is 10.3. The Morgan fingerprint density at radius 2 is 2.00 bits per heavy atom. The van der Waals surface area contributed by atoms with Crippen molar-refractivity contribution in [1.29, 1.82) is 0 Å². The van der Waals surface area contributed by atoms with E-state index in [9.17, 15) is 8.42 Å². The van der Waals surface area contributed by atoms with Gasteiger partial charge in [-0.2, -0.15) is 0 Å². The average molecular weight is 288 g/mol. The molecule has 0 spiro atoms. The first-order valence-corrected chi connectivity index (χ1v) is 7.26. The van der Waals surface area contributed by atoms with Crippen molar-refractivity contribution >= 4 is 15.7 Å². The van der Waals surface area contributed by atoms with Crippen molar-refractivity contribution in [2.45, 2.75) is 11.3 Å². The summed E-state index contributed by atoms with van der Waals surface area (Å²) < 4.78 is 35.7. The van der Waals surface area contributed by atoms with Gasteiger partial charge in [-0.15, -0.1) is 0 Å². The summed E-state index contributed by atoms with van der Waals surface area (Å²) in [6, 6.07) is 4.43. The molecule has 0 aliphatic carbocycles. The Hall–Kier alpha value is -1.31. The van der Waals surface area contributed by atoms with Crippen LogP contribution in [0, 0.1) is 0 Å². The lowest BCUT2D eigenvalue weighted by molar-refractivity contribution is 0.189. The maximum absolute atomic E-state index is 12.3. The van der Waals surface area contributed by atoms with Gasteiger partial charge in [0.1, 0.15) is 5.75 Å². The number of hydrogen-bond acceptors (Lipinski definition) is 5. The topological polar surface area (TPSA) is 81.9 Å². The number of anilines is 1. The summed E-state index contributed by atoms with van der Waals surface area (Å²) in [5.41, 5.74) is 6.02. The summed E-state index contributed by atoms with van der Waals surface area (Å²) >= 11 is 0. The molecule has 1 aromatic rings. The number of methoxy groups -OCH3 is 2. The van der Waals surface area contributed by atoms with Gasteiger partial charge in [-0.25, -0.2) is 12.7 Å². The second-order valence-electron chi connectivity index (χ2n) is 4.08. The maximum atomic E-state index is 12.3. The highest BCUT2D eigenvalue weighted by molar-refractivity contribution is 7.89. The fourth-order valence-corrected chi connectivity index (χ4v) is 2.85. The minimum atomic E-state index is -3.52. The molecule has 0 fully saturated rings. The van der Waals surface area contributed by atoms with Crippen molar-refractivity contribution in [2.75, 3.05) is 40.2 Å². The molecule has 0 amide bonds. The average Bonchev–Trinajstić information content (AvgIpc) is 2.38. The van der Waals surface area contributed by atoms with Crippen LogP contribution in [0.2, 0.25) is 0 Å². The maximum Gasteiger partial charge on any atom is 0.242 e. The van der Waals surface area contributed by atoms with Gasteiger partial charge < -0.3 is 15.2 Å². The van der Waals surface area contributed by atoms with Crippen LogP contribution < -0.4 is 10.5 Å². The molecule has 19 heavy (non-hydrogen) atoms. The Morgan fingerprint density at radius 3 is 2.53 bits per heavy atom. The fourth-order valence-electron chi connectivity index (χ4n) is 1.60. The number of nitrogens with two attached hydrogens (primary N) is 1. The summed E-state index contributed by atoms with van der Waals surface area (Å²) in [6.45, 7) is 0.909. The minimum absolute atomic E-state index is 0.158. The molecular weight excluding hydrogens is 268 g/mol. The number of nitrogen functional groups attached to an aromatic ring is 1. The van der Waals surface area contributed by atoms with Gasteiger partial charge in [-0.05, 0) is 24.6 Å². The molecule has 1 aromatic carbocycles. The van der Waals surface area contributed by atoms with E-state index in [0.717, 1.165) is 0 Å². The third kappa shape index (κ3) is 3.82. The summed E-state index contributed by atoms with van der Waals surface area (Å²) in [7, 11) is 1.07. The Balaban J connectivity index is 2.90. The first kappa shape index (κ1) is 15.7. The lowest BCUT2D eigenvalue weighted by Gasteiger charge is -2.17. The Labute approximate surface area is 114 Å². The summed E-state index contributed by atoms with van der Waals surface area (Å²) in [5.74, 6) is 0.459. The van der Waals surface area contributed by atoms with Crippen molar-refractivity contribution in [3.63, 3.8) is 0 Å². The molecule has 0 radical (unpaired) electrons. The lowest BCUT2D eigenvalue weighted by Crippen LogP contribution is -2.28. The van der Waals surface area contributed by atoms with Crippen molar-refractivity contribution in [3.8, 4) is 5.75 Å². The molecule has 0 bridgehead atoms. The second-order valence-corrected chi connectivity index (χ2v) is 6.12. The van der Waals surface area contributed by atoms with E-state index in [1.165, 1.54) is 30.6 Å². The van der Waals surface area contributed by atoms with E-state index in [2.05, 4.69) is 0 Å². The van der Waals surface area contributed by atoms with Gasteiger partial charge in [-0.1, -0.05) is 0 Å². The van der Waals surface area contributed by atoms with Crippen molar-refractivity contribution in [1.82, 2.24) is 4.31 Å². The monoisotopic (exact) mass is 288 g/mol. The molecule has 2 N–H and O–H groups in total. The predicted molar refractivity (Wildman–Crippen MR) is 73.7 cm³/mol. The van der Waals surface area contributed by atoms with Gasteiger partial charge in [0.25, 0.3) is 0 Å². The van der Waals surface area contributed by atoms with Crippen LogP contribution in [0.3, 0.4) is 0 Å². The van der Waals surface area contributed by atoms with Gasteiger partial charge in [0.2, 0.25) is 10.0 Å². The molecule has 0 atom stereocenters. The minimum Gasteiger partial charge on any atom is -0.495 e. The normalized spacial score (nSPS) is 11.8. The van der Waals surface area contributed by atoms with Crippen LogP contribution >= 0.6 is 0 Å².